The largest absolute Gasteiger partial charge is 0.491 e. The molecule has 0 aliphatic carbocycles. The van der Waals surface area contributed by atoms with E-state index in [0.29, 0.717) is 32.7 Å². The number of amides is 1. The van der Waals surface area contributed by atoms with Crippen LogP contribution in [-0.4, -0.2) is 31.8 Å². The van der Waals surface area contributed by atoms with E-state index in [0.717, 1.165) is 11.3 Å². The SMILES string of the molecule is Cc1ccc(OC[C@@H](C)NC(=O)C2(c3ccccc3)CCOCC2)cc1. The fourth-order valence-corrected chi connectivity index (χ4v) is 3.38. The molecule has 0 saturated carbocycles. The highest BCUT2D eigenvalue weighted by Crippen LogP contribution is 2.35. The smallest absolute Gasteiger partial charge is 0.231 e. The first-order valence-electron chi connectivity index (χ1n) is 9.24. The molecule has 0 radical (unpaired) electrons. The van der Waals surface area contributed by atoms with Gasteiger partial charge in [0.2, 0.25) is 5.91 Å². The minimum Gasteiger partial charge on any atom is -0.491 e. The van der Waals surface area contributed by atoms with Gasteiger partial charge in [-0.15, -0.1) is 0 Å². The van der Waals surface area contributed by atoms with E-state index in [-0.39, 0.29) is 11.9 Å². The van der Waals surface area contributed by atoms with E-state index >= 15 is 0 Å². The first-order chi connectivity index (χ1) is 12.6. The molecular formula is C22H27NO3. The quantitative estimate of drug-likeness (QED) is 0.863. The summed E-state index contributed by atoms with van der Waals surface area (Å²) in [4.78, 5) is 13.2. The molecule has 1 atom stereocenters. The van der Waals surface area contributed by atoms with Crippen LogP contribution in [0, 0.1) is 6.92 Å². The topological polar surface area (TPSA) is 47.6 Å². The number of hydrogen-bond acceptors (Lipinski definition) is 3. The first kappa shape index (κ1) is 18.5. The zero-order chi connectivity index (χ0) is 18.4. The van der Waals surface area contributed by atoms with Crippen molar-refractivity contribution in [2.75, 3.05) is 19.8 Å². The molecule has 0 spiro atoms. The van der Waals surface area contributed by atoms with Crippen LogP contribution in [0.1, 0.15) is 30.9 Å². The van der Waals surface area contributed by atoms with E-state index in [1.165, 1.54) is 5.56 Å². The molecule has 1 N–H and O–H groups in total. The number of rotatable bonds is 6. The Morgan fingerprint density at radius 2 is 1.77 bits per heavy atom. The molecule has 1 heterocycles. The van der Waals surface area contributed by atoms with Crippen LogP contribution in [0.5, 0.6) is 5.75 Å². The summed E-state index contributed by atoms with van der Waals surface area (Å²) in [6.45, 7) is 5.68. The second kappa shape index (κ2) is 8.37. The van der Waals surface area contributed by atoms with Crippen LogP contribution in [-0.2, 0) is 14.9 Å². The van der Waals surface area contributed by atoms with Crippen LogP contribution >= 0.6 is 0 Å². The van der Waals surface area contributed by atoms with Crippen LogP contribution in [0.15, 0.2) is 54.6 Å². The molecule has 1 aliphatic heterocycles. The Hall–Kier alpha value is -2.33. The van der Waals surface area contributed by atoms with Gasteiger partial charge in [-0.3, -0.25) is 4.79 Å². The standard InChI is InChI=1S/C22H27NO3/c1-17-8-10-20(11-9-17)26-16-18(2)23-21(24)22(12-14-25-15-13-22)19-6-4-3-5-7-19/h3-11,18H,12-16H2,1-2H3,(H,23,24)/t18-/m1/s1. The minimum atomic E-state index is -0.516. The van der Waals surface area contributed by atoms with E-state index in [4.69, 9.17) is 9.47 Å². The molecule has 1 saturated heterocycles. The molecule has 2 aromatic rings. The molecular weight excluding hydrogens is 326 g/mol. The summed E-state index contributed by atoms with van der Waals surface area (Å²) in [5.41, 5.74) is 1.74. The normalized spacial score (nSPS) is 17.3. The van der Waals surface area contributed by atoms with Gasteiger partial charge in [0.1, 0.15) is 12.4 Å². The van der Waals surface area contributed by atoms with Gasteiger partial charge < -0.3 is 14.8 Å². The Labute approximate surface area is 155 Å². The Morgan fingerprint density at radius 3 is 2.42 bits per heavy atom. The van der Waals surface area contributed by atoms with Crippen LogP contribution < -0.4 is 10.1 Å². The molecule has 1 fully saturated rings. The summed E-state index contributed by atoms with van der Waals surface area (Å²) >= 11 is 0. The van der Waals surface area contributed by atoms with Gasteiger partial charge >= 0.3 is 0 Å². The second-order valence-corrected chi connectivity index (χ2v) is 7.06. The molecule has 26 heavy (non-hydrogen) atoms. The number of carbonyl (C=O) groups excluding carboxylic acids is 1. The first-order valence-corrected chi connectivity index (χ1v) is 9.24. The average molecular weight is 353 g/mol. The van der Waals surface area contributed by atoms with Gasteiger partial charge in [0.15, 0.2) is 0 Å². The molecule has 1 amide bonds. The number of carbonyl (C=O) groups is 1. The van der Waals surface area contributed by atoms with Crippen molar-refractivity contribution in [2.24, 2.45) is 0 Å². The molecule has 3 rings (SSSR count). The fraction of sp³-hybridized carbons (Fsp3) is 0.409. The highest BCUT2D eigenvalue weighted by atomic mass is 16.5. The molecule has 4 nitrogen and oxygen atoms in total. The third-order valence-electron chi connectivity index (χ3n) is 5.01. The van der Waals surface area contributed by atoms with Crippen LogP contribution in [0.3, 0.4) is 0 Å². The minimum absolute atomic E-state index is 0.0620. The average Bonchev–Trinajstić information content (AvgIpc) is 2.68. The van der Waals surface area contributed by atoms with Crippen LogP contribution in [0.25, 0.3) is 0 Å². The molecule has 4 heteroatoms. The predicted octanol–water partition coefficient (Wildman–Crippen LogP) is 3.63. The highest BCUT2D eigenvalue weighted by molar-refractivity contribution is 5.88. The van der Waals surface area contributed by atoms with Crippen molar-refractivity contribution >= 4 is 5.91 Å². The van der Waals surface area contributed by atoms with Gasteiger partial charge in [-0.25, -0.2) is 0 Å². The predicted molar refractivity (Wildman–Crippen MR) is 102 cm³/mol. The Bertz CT molecular complexity index is 706. The lowest BCUT2D eigenvalue weighted by Crippen LogP contribution is -2.51. The van der Waals surface area contributed by atoms with E-state index in [1.54, 1.807) is 0 Å². The summed E-state index contributed by atoms with van der Waals surface area (Å²) in [5, 5.41) is 3.15. The zero-order valence-corrected chi connectivity index (χ0v) is 15.5. The van der Waals surface area contributed by atoms with E-state index in [9.17, 15) is 4.79 Å². The zero-order valence-electron chi connectivity index (χ0n) is 15.5. The van der Waals surface area contributed by atoms with Gasteiger partial charge in [0, 0.05) is 13.2 Å². The molecule has 2 aromatic carbocycles. The van der Waals surface area contributed by atoms with Gasteiger partial charge in [-0.1, -0.05) is 48.0 Å². The monoisotopic (exact) mass is 353 g/mol. The Kier molecular flexibility index (Phi) is 5.94. The maximum absolute atomic E-state index is 13.2. The van der Waals surface area contributed by atoms with Crippen molar-refractivity contribution in [3.05, 3.63) is 65.7 Å². The number of ether oxygens (including phenoxy) is 2. The van der Waals surface area contributed by atoms with Crippen molar-refractivity contribution in [1.82, 2.24) is 5.32 Å². The highest BCUT2D eigenvalue weighted by Gasteiger charge is 2.41. The number of nitrogens with one attached hydrogen (secondary N) is 1. The summed E-state index contributed by atoms with van der Waals surface area (Å²) < 4.78 is 11.3. The van der Waals surface area contributed by atoms with Gasteiger partial charge in [0.05, 0.1) is 11.5 Å². The molecule has 138 valence electrons. The molecule has 0 unspecified atom stereocenters. The summed E-state index contributed by atoms with van der Waals surface area (Å²) in [6, 6.07) is 17.9. The Morgan fingerprint density at radius 1 is 1.12 bits per heavy atom. The van der Waals surface area contributed by atoms with Crippen molar-refractivity contribution in [1.29, 1.82) is 0 Å². The lowest BCUT2D eigenvalue weighted by molar-refractivity contribution is -0.131. The number of benzene rings is 2. The van der Waals surface area contributed by atoms with Crippen LogP contribution in [0.2, 0.25) is 0 Å². The second-order valence-electron chi connectivity index (χ2n) is 7.06. The third-order valence-corrected chi connectivity index (χ3v) is 5.01. The lowest BCUT2D eigenvalue weighted by atomic mass is 9.73. The van der Waals surface area contributed by atoms with Gasteiger partial charge in [0.25, 0.3) is 0 Å². The summed E-state index contributed by atoms with van der Waals surface area (Å²) in [5.74, 6) is 0.882. The summed E-state index contributed by atoms with van der Waals surface area (Å²) in [7, 11) is 0. The third kappa shape index (κ3) is 4.25. The molecule has 0 bridgehead atoms. The lowest BCUT2D eigenvalue weighted by Gasteiger charge is -2.37. The Balaban J connectivity index is 1.64. The maximum Gasteiger partial charge on any atom is 0.231 e. The van der Waals surface area contributed by atoms with E-state index in [1.807, 2.05) is 68.4 Å². The van der Waals surface area contributed by atoms with Crippen molar-refractivity contribution in [3.63, 3.8) is 0 Å². The summed E-state index contributed by atoms with van der Waals surface area (Å²) in [6.07, 6.45) is 1.41. The fourth-order valence-electron chi connectivity index (χ4n) is 3.38. The van der Waals surface area contributed by atoms with E-state index < -0.39 is 5.41 Å². The van der Waals surface area contributed by atoms with Gasteiger partial charge in [-0.05, 0) is 44.4 Å². The van der Waals surface area contributed by atoms with Crippen LogP contribution in [0.4, 0.5) is 0 Å². The number of hydrogen-bond donors (Lipinski definition) is 1. The van der Waals surface area contributed by atoms with Crippen molar-refractivity contribution in [3.8, 4) is 5.75 Å². The van der Waals surface area contributed by atoms with Gasteiger partial charge in [-0.2, -0.15) is 0 Å². The maximum atomic E-state index is 13.2. The molecule has 0 aromatic heterocycles. The number of aryl methyl sites for hydroxylation is 1. The van der Waals surface area contributed by atoms with Crippen molar-refractivity contribution < 1.29 is 14.3 Å². The van der Waals surface area contributed by atoms with Crippen molar-refractivity contribution in [2.45, 2.75) is 38.1 Å². The van der Waals surface area contributed by atoms with E-state index in [2.05, 4.69) is 5.32 Å². The molecule has 1 aliphatic rings.